The predicted octanol–water partition coefficient (Wildman–Crippen LogP) is 1.72. The van der Waals surface area contributed by atoms with Crippen molar-refractivity contribution >= 4 is 5.91 Å². The number of carbonyl (C=O) groups excluding carboxylic acids is 1. The second-order valence-corrected chi connectivity index (χ2v) is 6.19. The van der Waals surface area contributed by atoms with Crippen LogP contribution < -0.4 is 10.6 Å². The van der Waals surface area contributed by atoms with Crippen molar-refractivity contribution in [1.29, 1.82) is 0 Å². The van der Waals surface area contributed by atoms with E-state index >= 15 is 0 Å². The van der Waals surface area contributed by atoms with Crippen molar-refractivity contribution in [2.24, 2.45) is 0 Å². The van der Waals surface area contributed by atoms with Crippen molar-refractivity contribution in [3.8, 4) is 0 Å². The smallest absolute Gasteiger partial charge is 0.237 e. The van der Waals surface area contributed by atoms with Crippen LogP contribution in [0, 0.1) is 0 Å². The Labute approximate surface area is 116 Å². The predicted molar refractivity (Wildman–Crippen MR) is 75.9 cm³/mol. The quantitative estimate of drug-likeness (QED) is 0.680. The van der Waals surface area contributed by atoms with E-state index in [0.717, 1.165) is 38.5 Å². The molecule has 2 fully saturated rings. The summed E-state index contributed by atoms with van der Waals surface area (Å²) in [5, 5.41) is 16.5. The van der Waals surface area contributed by atoms with Crippen LogP contribution in [0.4, 0.5) is 0 Å². The van der Waals surface area contributed by atoms with E-state index in [4.69, 9.17) is 0 Å². The molecular weight excluding hydrogens is 240 g/mol. The number of aliphatic hydroxyl groups excluding tert-OH is 1. The summed E-state index contributed by atoms with van der Waals surface area (Å²) in [4.78, 5) is 12.1. The number of rotatable bonds is 4. The normalized spacial score (nSPS) is 30.8. The van der Waals surface area contributed by atoms with Crippen molar-refractivity contribution in [3.05, 3.63) is 0 Å². The first-order chi connectivity index (χ1) is 9.16. The summed E-state index contributed by atoms with van der Waals surface area (Å²) in [6.07, 6.45) is 9.66. The van der Waals surface area contributed by atoms with Gasteiger partial charge in [-0.05, 0) is 32.6 Å². The molecule has 3 atom stereocenters. The van der Waals surface area contributed by atoms with E-state index in [1.165, 1.54) is 19.3 Å². The highest BCUT2D eigenvalue weighted by Crippen LogP contribution is 2.19. The summed E-state index contributed by atoms with van der Waals surface area (Å²) in [5.41, 5.74) is 0. The Bertz CT molecular complexity index is 290. The molecule has 2 rings (SSSR count). The molecule has 0 aromatic heterocycles. The lowest BCUT2D eigenvalue weighted by atomic mass is 10.0. The Balaban J connectivity index is 1.77. The topological polar surface area (TPSA) is 61.4 Å². The molecule has 0 heterocycles. The summed E-state index contributed by atoms with van der Waals surface area (Å²) >= 11 is 0. The SMILES string of the molecule is CC(NC1CCCCCC1O)C(=O)NC1CCCC1. The zero-order valence-corrected chi connectivity index (χ0v) is 12.0. The monoisotopic (exact) mass is 268 g/mol. The molecule has 1 amide bonds. The molecule has 0 saturated heterocycles. The molecule has 2 aliphatic carbocycles. The minimum atomic E-state index is -0.302. The average molecular weight is 268 g/mol. The average Bonchev–Trinajstić information content (AvgIpc) is 2.81. The first-order valence-electron chi connectivity index (χ1n) is 7.91. The minimum Gasteiger partial charge on any atom is -0.392 e. The largest absolute Gasteiger partial charge is 0.392 e. The lowest BCUT2D eigenvalue weighted by Crippen LogP contribution is -2.51. The summed E-state index contributed by atoms with van der Waals surface area (Å²) < 4.78 is 0. The lowest BCUT2D eigenvalue weighted by Gasteiger charge is -2.26. The molecule has 0 bridgehead atoms. The number of hydrogen-bond donors (Lipinski definition) is 3. The van der Waals surface area contributed by atoms with Gasteiger partial charge in [0.05, 0.1) is 12.1 Å². The minimum absolute atomic E-state index is 0.0758. The van der Waals surface area contributed by atoms with Crippen molar-refractivity contribution in [2.45, 2.75) is 88.9 Å². The molecule has 2 aliphatic rings. The highest BCUT2D eigenvalue weighted by molar-refractivity contribution is 5.81. The zero-order valence-electron chi connectivity index (χ0n) is 12.0. The molecule has 0 spiro atoms. The van der Waals surface area contributed by atoms with Crippen LogP contribution in [0.1, 0.15) is 64.7 Å². The lowest BCUT2D eigenvalue weighted by molar-refractivity contribution is -0.123. The van der Waals surface area contributed by atoms with E-state index in [-0.39, 0.29) is 24.1 Å². The highest BCUT2D eigenvalue weighted by Gasteiger charge is 2.26. The molecule has 19 heavy (non-hydrogen) atoms. The van der Waals surface area contributed by atoms with Gasteiger partial charge in [0, 0.05) is 12.1 Å². The van der Waals surface area contributed by atoms with Gasteiger partial charge in [-0.3, -0.25) is 4.79 Å². The summed E-state index contributed by atoms with van der Waals surface area (Å²) in [7, 11) is 0. The molecule has 3 unspecified atom stereocenters. The van der Waals surface area contributed by atoms with Crippen LogP contribution in [-0.2, 0) is 4.79 Å². The molecule has 4 heteroatoms. The van der Waals surface area contributed by atoms with Gasteiger partial charge < -0.3 is 15.7 Å². The van der Waals surface area contributed by atoms with E-state index in [0.29, 0.717) is 6.04 Å². The molecule has 0 aromatic carbocycles. The maximum Gasteiger partial charge on any atom is 0.237 e. The summed E-state index contributed by atoms with van der Waals surface area (Å²) in [6, 6.07) is 0.237. The highest BCUT2D eigenvalue weighted by atomic mass is 16.3. The van der Waals surface area contributed by atoms with E-state index in [2.05, 4.69) is 10.6 Å². The first-order valence-corrected chi connectivity index (χ1v) is 7.91. The summed E-state index contributed by atoms with van der Waals surface area (Å²) in [6.45, 7) is 1.90. The van der Waals surface area contributed by atoms with E-state index in [9.17, 15) is 9.90 Å². The molecule has 0 radical (unpaired) electrons. The van der Waals surface area contributed by atoms with Crippen molar-refractivity contribution in [1.82, 2.24) is 10.6 Å². The van der Waals surface area contributed by atoms with Gasteiger partial charge >= 0.3 is 0 Å². The number of aliphatic hydroxyl groups is 1. The van der Waals surface area contributed by atoms with Gasteiger partial charge in [-0.2, -0.15) is 0 Å². The number of nitrogens with one attached hydrogen (secondary N) is 2. The van der Waals surface area contributed by atoms with Gasteiger partial charge in [0.1, 0.15) is 0 Å². The van der Waals surface area contributed by atoms with Gasteiger partial charge in [0.15, 0.2) is 0 Å². The third-order valence-corrected chi connectivity index (χ3v) is 4.54. The van der Waals surface area contributed by atoms with Crippen LogP contribution in [0.25, 0.3) is 0 Å². The molecule has 4 nitrogen and oxygen atoms in total. The molecule has 2 saturated carbocycles. The molecule has 0 aliphatic heterocycles. The maximum atomic E-state index is 12.1. The second-order valence-electron chi connectivity index (χ2n) is 6.19. The van der Waals surface area contributed by atoms with Crippen LogP contribution in [0.15, 0.2) is 0 Å². The van der Waals surface area contributed by atoms with Gasteiger partial charge in [-0.15, -0.1) is 0 Å². The van der Waals surface area contributed by atoms with Crippen molar-refractivity contribution < 1.29 is 9.90 Å². The van der Waals surface area contributed by atoms with Crippen LogP contribution in [0.2, 0.25) is 0 Å². The van der Waals surface area contributed by atoms with Gasteiger partial charge in [0.2, 0.25) is 5.91 Å². The Kier molecular flexibility index (Phi) is 5.64. The third-order valence-electron chi connectivity index (χ3n) is 4.54. The van der Waals surface area contributed by atoms with Gasteiger partial charge in [0.25, 0.3) is 0 Å². The standard InChI is InChI=1S/C15H28N2O2/c1-11(15(19)17-12-7-5-6-8-12)16-13-9-3-2-4-10-14(13)18/h11-14,16,18H,2-10H2,1H3,(H,17,19). The Morgan fingerprint density at radius 3 is 2.42 bits per heavy atom. The molecular formula is C15H28N2O2. The molecule has 3 N–H and O–H groups in total. The number of carbonyl (C=O) groups is 1. The molecule has 0 aromatic rings. The van der Waals surface area contributed by atoms with Crippen LogP contribution in [0.3, 0.4) is 0 Å². The first kappa shape index (κ1) is 14.8. The fraction of sp³-hybridized carbons (Fsp3) is 0.933. The van der Waals surface area contributed by atoms with Gasteiger partial charge in [-0.25, -0.2) is 0 Å². The van der Waals surface area contributed by atoms with Crippen LogP contribution in [0.5, 0.6) is 0 Å². The summed E-state index contributed by atoms with van der Waals surface area (Å²) in [5.74, 6) is 0.0864. The van der Waals surface area contributed by atoms with Crippen LogP contribution >= 0.6 is 0 Å². The molecule has 110 valence electrons. The Hall–Kier alpha value is -0.610. The zero-order chi connectivity index (χ0) is 13.7. The number of amides is 1. The maximum absolute atomic E-state index is 12.1. The van der Waals surface area contributed by atoms with E-state index in [1.54, 1.807) is 0 Å². The number of hydrogen-bond acceptors (Lipinski definition) is 3. The van der Waals surface area contributed by atoms with E-state index in [1.807, 2.05) is 6.92 Å². The second kappa shape index (κ2) is 7.25. The van der Waals surface area contributed by atoms with Crippen molar-refractivity contribution in [2.75, 3.05) is 0 Å². The Morgan fingerprint density at radius 1 is 1.05 bits per heavy atom. The fourth-order valence-electron chi connectivity index (χ4n) is 3.28. The van der Waals surface area contributed by atoms with E-state index < -0.39 is 0 Å². The Morgan fingerprint density at radius 2 is 1.68 bits per heavy atom. The van der Waals surface area contributed by atoms with Gasteiger partial charge in [-0.1, -0.05) is 32.1 Å². The van der Waals surface area contributed by atoms with Crippen molar-refractivity contribution in [3.63, 3.8) is 0 Å². The van der Waals surface area contributed by atoms with Crippen LogP contribution in [-0.4, -0.2) is 35.2 Å². The fourth-order valence-corrected chi connectivity index (χ4v) is 3.28. The third kappa shape index (κ3) is 4.46.